The number of aromatic hydroxyl groups is 1. The fourth-order valence-electron chi connectivity index (χ4n) is 1.08. The van der Waals surface area contributed by atoms with Crippen molar-refractivity contribution in [1.29, 1.82) is 0 Å². The smallest absolute Gasteiger partial charge is 0.155 e. The lowest BCUT2D eigenvalue weighted by Gasteiger charge is -1.98. The van der Waals surface area contributed by atoms with E-state index in [0.29, 0.717) is 11.8 Å². The minimum Gasteiger partial charge on any atom is -0.505 e. The highest BCUT2D eigenvalue weighted by atomic mass is 16.3. The van der Waals surface area contributed by atoms with Crippen molar-refractivity contribution in [1.82, 2.24) is 9.61 Å². The van der Waals surface area contributed by atoms with Crippen LogP contribution in [-0.2, 0) is 0 Å². The molecule has 0 radical (unpaired) electrons. The van der Waals surface area contributed by atoms with Crippen LogP contribution >= 0.6 is 0 Å². The van der Waals surface area contributed by atoms with Crippen molar-refractivity contribution in [3.05, 3.63) is 30.1 Å². The van der Waals surface area contributed by atoms with Gasteiger partial charge in [-0.2, -0.15) is 5.10 Å². The van der Waals surface area contributed by atoms with Gasteiger partial charge in [0.2, 0.25) is 0 Å². The molecular weight excluding hydrogens is 156 g/mol. The number of carbonyl (C=O) groups is 1. The molecule has 2 aromatic rings. The quantitative estimate of drug-likeness (QED) is 0.632. The molecule has 0 fully saturated rings. The molecule has 4 heteroatoms. The van der Waals surface area contributed by atoms with Crippen LogP contribution in [0.15, 0.2) is 24.5 Å². The van der Waals surface area contributed by atoms with Gasteiger partial charge in [-0.1, -0.05) is 0 Å². The van der Waals surface area contributed by atoms with Crippen LogP contribution in [0, 0.1) is 0 Å². The van der Waals surface area contributed by atoms with Crippen LogP contribution in [0.4, 0.5) is 0 Å². The number of carbonyl (C=O) groups excluding carboxylic acids is 1. The molecule has 1 N–H and O–H groups in total. The topological polar surface area (TPSA) is 54.6 Å². The van der Waals surface area contributed by atoms with E-state index in [0.717, 1.165) is 0 Å². The average Bonchev–Trinajstić information content (AvgIpc) is 2.53. The molecule has 0 unspecified atom stereocenters. The zero-order valence-electron chi connectivity index (χ0n) is 6.14. The summed E-state index contributed by atoms with van der Waals surface area (Å²) in [6.07, 6.45) is 3.61. The Morgan fingerprint density at radius 2 is 2.42 bits per heavy atom. The second-order valence-electron chi connectivity index (χ2n) is 2.40. The molecule has 4 nitrogen and oxygen atoms in total. The van der Waals surface area contributed by atoms with Crippen LogP contribution in [-0.4, -0.2) is 21.0 Å². The first-order chi connectivity index (χ1) is 5.83. The predicted molar refractivity (Wildman–Crippen MR) is 42.2 cm³/mol. The maximum absolute atomic E-state index is 10.4. The fourth-order valence-corrected chi connectivity index (χ4v) is 1.08. The Labute approximate surface area is 68.1 Å². The van der Waals surface area contributed by atoms with Gasteiger partial charge >= 0.3 is 0 Å². The van der Waals surface area contributed by atoms with Crippen molar-refractivity contribution >= 4 is 11.8 Å². The molecule has 0 aromatic carbocycles. The Balaban J connectivity index is 2.86. The molecule has 0 aliphatic heterocycles. The number of aromatic nitrogens is 2. The molecule has 0 saturated heterocycles. The van der Waals surface area contributed by atoms with E-state index in [1.807, 2.05) is 0 Å². The standard InChI is InChI=1S/C8H6N2O2/c11-5-6-4-9-10-3-1-2-7(10)8(6)12/h1-5,12H. The lowest BCUT2D eigenvalue weighted by atomic mass is 10.3. The van der Waals surface area contributed by atoms with E-state index >= 15 is 0 Å². The Kier molecular flexibility index (Phi) is 1.33. The monoisotopic (exact) mass is 162 g/mol. The zero-order chi connectivity index (χ0) is 8.55. The van der Waals surface area contributed by atoms with Crippen LogP contribution in [0.2, 0.25) is 0 Å². The predicted octanol–water partition coefficient (Wildman–Crippen LogP) is 0.852. The van der Waals surface area contributed by atoms with Crippen molar-refractivity contribution in [2.45, 2.75) is 0 Å². The summed E-state index contributed by atoms with van der Waals surface area (Å²) >= 11 is 0. The number of aldehydes is 1. The molecule has 12 heavy (non-hydrogen) atoms. The minimum atomic E-state index is -0.0231. The SMILES string of the molecule is O=Cc1cnn2cccc2c1O. The first-order valence-electron chi connectivity index (χ1n) is 3.43. The molecule has 0 aliphatic carbocycles. The molecule has 60 valence electrons. The van der Waals surface area contributed by atoms with Crippen molar-refractivity contribution in [3.8, 4) is 5.75 Å². The molecule has 0 saturated carbocycles. The Hall–Kier alpha value is -1.84. The van der Waals surface area contributed by atoms with Gasteiger partial charge in [0.15, 0.2) is 12.0 Å². The normalized spacial score (nSPS) is 10.3. The highest BCUT2D eigenvalue weighted by Gasteiger charge is 2.05. The van der Waals surface area contributed by atoms with Crippen molar-refractivity contribution in [2.24, 2.45) is 0 Å². The Morgan fingerprint density at radius 1 is 1.58 bits per heavy atom. The lowest BCUT2D eigenvalue weighted by molar-refractivity contribution is 0.112. The second-order valence-corrected chi connectivity index (χ2v) is 2.40. The number of rotatable bonds is 1. The highest BCUT2D eigenvalue weighted by Crippen LogP contribution is 2.20. The van der Waals surface area contributed by atoms with E-state index in [9.17, 15) is 9.90 Å². The van der Waals surface area contributed by atoms with Gasteiger partial charge < -0.3 is 5.11 Å². The summed E-state index contributed by atoms with van der Waals surface area (Å²) in [6, 6.07) is 3.44. The molecule has 0 amide bonds. The number of nitrogens with zero attached hydrogens (tertiary/aromatic N) is 2. The summed E-state index contributed by atoms with van der Waals surface area (Å²) in [5.41, 5.74) is 0.751. The molecular formula is C8H6N2O2. The van der Waals surface area contributed by atoms with E-state index < -0.39 is 0 Å². The van der Waals surface area contributed by atoms with Gasteiger partial charge in [0.1, 0.15) is 5.52 Å². The van der Waals surface area contributed by atoms with Gasteiger partial charge in [-0.15, -0.1) is 0 Å². The maximum Gasteiger partial charge on any atom is 0.155 e. The summed E-state index contributed by atoms with van der Waals surface area (Å²) in [5, 5.41) is 13.3. The first-order valence-corrected chi connectivity index (χ1v) is 3.43. The maximum atomic E-state index is 10.4. The summed E-state index contributed by atoms with van der Waals surface area (Å²) in [5.74, 6) is -0.0231. The van der Waals surface area contributed by atoms with E-state index in [2.05, 4.69) is 5.10 Å². The molecule has 0 bridgehead atoms. The third-order valence-corrected chi connectivity index (χ3v) is 1.69. The van der Waals surface area contributed by atoms with Gasteiger partial charge in [-0.25, -0.2) is 4.52 Å². The summed E-state index contributed by atoms with van der Waals surface area (Å²) in [6.45, 7) is 0. The molecule has 0 spiro atoms. The summed E-state index contributed by atoms with van der Waals surface area (Å²) < 4.78 is 1.50. The average molecular weight is 162 g/mol. The molecule has 0 atom stereocenters. The van der Waals surface area contributed by atoms with Crippen LogP contribution in [0.3, 0.4) is 0 Å². The zero-order valence-corrected chi connectivity index (χ0v) is 6.14. The second kappa shape index (κ2) is 2.34. The van der Waals surface area contributed by atoms with Gasteiger partial charge in [0.05, 0.1) is 11.8 Å². The van der Waals surface area contributed by atoms with E-state index in [4.69, 9.17) is 0 Å². The summed E-state index contributed by atoms with van der Waals surface area (Å²) in [4.78, 5) is 10.4. The van der Waals surface area contributed by atoms with Gasteiger partial charge in [-0.3, -0.25) is 4.79 Å². The van der Waals surface area contributed by atoms with Gasteiger partial charge in [0.25, 0.3) is 0 Å². The third-order valence-electron chi connectivity index (χ3n) is 1.69. The van der Waals surface area contributed by atoms with Crippen molar-refractivity contribution in [3.63, 3.8) is 0 Å². The largest absolute Gasteiger partial charge is 0.505 e. The molecule has 2 heterocycles. The molecule has 0 aliphatic rings. The number of hydrogen-bond acceptors (Lipinski definition) is 3. The third kappa shape index (κ3) is 0.780. The van der Waals surface area contributed by atoms with Gasteiger partial charge in [0, 0.05) is 6.20 Å². The minimum absolute atomic E-state index is 0.0231. The molecule has 2 rings (SSSR count). The van der Waals surface area contributed by atoms with Crippen LogP contribution in [0.5, 0.6) is 5.75 Å². The van der Waals surface area contributed by atoms with Crippen LogP contribution < -0.4 is 0 Å². The number of hydrogen-bond donors (Lipinski definition) is 1. The van der Waals surface area contributed by atoms with Crippen LogP contribution in [0.25, 0.3) is 5.52 Å². The summed E-state index contributed by atoms with van der Waals surface area (Å²) in [7, 11) is 0. The van der Waals surface area contributed by atoms with Gasteiger partial charge in [-0.05, 0) is 12.1 Å². The lowest BCUT2D eigenvalue weighted by Crippen LogP contribution is -1.92. The van der Waals surface area contributed by atoms with Crippen molar-refractivity contribution in [2.75, 3.05) is 0 Å². The van der Waals surface area contributed by atoms with Crippen molar-refractivity contribution < 1.29 is 9.90 Å². The van der Waals surface area contributed by atoms with E-state index in [-0.39, 0.29) is 11.3 Å². The Bertz CT molecular complexity index is 434. The number of fused-ring (bicyclic) bond motifs is 1. The highest BCUT2D eigenvalue weighted by molar-refractivity contribution is 5.83. The van der Waals surface area contributed by atoms with Crippen LogP contribution in [0.1, 0.15) is 10.4 Å². The Morgan fingerprint density at radius 3 is 3.17 bits per heavy atom. The van der Waals surface area contributed by atoms with E-state index in [1.54, 1.807) is 18.3 Å². The fraction of sp³-hybridized carbons (Fsp3) is 0. The van der Waals surface area contributed by atoms with E-state index in [1.165, 1.54) is 10.7 Å². The molecule has 2 aromatic heterocycles. The first kappa shape index (κ1) is 6.84.